The fourth-order valence-electron chi connectivity index (χ4n) is 2.62. The van der Waals surface area contributed by atoms with Gasteiger partial charge in [-0.05, 0) is 26.8 Å². The number of hydrogen-bond donors (Lipinski definition) is 1. The van der Waals surface area contributed by atoms with Crippen LogP contribution in [0.1, 0.15) is 32.6 Å². The summed E-state index contributed by atoms with van der Waals surface area (Å²) in [5.74, 6) is 0. The van der Waals surface area contributed by atoms with Gasteiger partial charge in [0, 0.05) is 5.39 Å². The second kappa shape index (κ2) is 5.61. The Balaban J connectivity index is 1.76. The van der Waals surface area contributed by atoms with Crippen LogP contribution in [-0.4, -0.2) is 34.6 Å². The van der Waals surface area contributed by atoms with Gasteiger partial charge in [0.25, 0.3) is 0 Å². The van der Waals surface area contributed by atoms with Gasteiger partial charge in [-0.2, -0.15) is 5.10 Å². The highest BCUT2D eigenvalue weighted by Crippen LogP contribution is 2.29. The predicted octanol–water partition coefficient (Wildman–Crippen LogP) is 2.63. The van der Waals surface area contributed by atoms with Crippen molar-refractivity contribution < 1.29 is 14.3 Å². The fraction of sp³-hybridized carbons (Fsp3) is 0.500. The zero-order chi connectivity index (χ0) is 15.7. The molecule has 1 aliphatic rings. The minimum Gasteiger partial charge on any atom is -0.444 e. The van der Waals surface area contributed by atoms with Gasteiger partial charge in [0.1, 0.15) is 11.7 Å². The first-order chi connectivity index (χ1) is 10.4. The van der Waals surface area contributed by atoms with Crippen molar-refractivity contribution in [2.45, 2.75) is 39.0 Å². The number of nitrogens with one attached hydrogen (secondary N) is 1. The zero-order valence-electron chi connectivity index (χ0n) is 13.1. The van der Waals surface area contributed by atoms with Gasteiger partial charge in [0.05, 0.1) is 30.9 Å². The molecule has 22 heavy (non-hydrogen) atoms. The normalized spacial score (nSPS) is 18.0. The van der Waals surface area contributed by atoms with Gasteiger partial charge in [0.15, 0.2) is 0 Å². The van der Waals surface area contributed by atoms with Gasteiger partial charge < -0.3 is 14.8 Å². The quantitative estimate of drug-likeness (QED) is 0.926. The molecule has 0 spiro atoms. The summed E-state index contributed by atoms with van der Waals surface area (Å²) >= 11 is 0. The highest BCUT2D eigenvalue weighted by Gasteiger charge is 2.26. The summed E-state index contributed by atoms with van der Waals surface area (Å²) in [6.07, 6.45) is -0.647. The lowest BCUT2D eigenvalue weighted by Gasteiger charge is -2.26. The second-order valence-electron chi connectivity index (χ2n) is 6.37. The van der Waals surface area contributed by atoms with Crippen LogP contribution >= 0.6 is 0 Å². The van der Waals surface area contributed by atoms with E-state index in [1.807, 2.05) is 49.7 Å². The third-order valence-corrected chi connectivity index (χ3v) is 3.44. The first-order valence-electron chi connectivity index (χ1n) is 7.48. The van der Waals surface area contributed by atoms with Gasteiger partial charge in [0.2, 0.25) is 0 Å². The van der Waals surface area contributed by atoms with Crippen molar-refractivity contribution in [2.75, 3.05) is 13.2 Å². The van der Waals surface area contributed by atoms with Crippen molar-refractivity contribution in [1.82, 2.24) is 15.1 Å². The summed E-state index contributed by atoms with van der Waals surface area (Å²) in [4.78, 5) is 11.8. The van der Waals surface area contributed by atoms with Crippen LogP contribution in [0, 0.1) is 0 Å². The average Bonchev–Trinajstić information content (AvgIpc) is 2.82. The van der Waals surface area contributed by atoms with E-state index in [-0.39, 0.29) is 6.10 Å². The molecule has 0 saturated heterocycles. The Hall–Kier alpha value is -2.08. The molecule has 1 aromatic heterocycles. The number of amides is 1. The summed E-state index contributed by atoms with van der Waals surface area (Å²) < 4.78 is 13.0. The Bertz CT molecular complexity index is 687. The van der Waals surface area contributed by atoms with Gasteiger partial charge >= 0.3 is 6.09 Å². The SMILES string of the molecule is CC(C)(C)OC(=O)NC[C@H]1OCCn2nc3ccccc3c21. The van der Waals surface area contributed by atoms with E-state index in [2.05, 4.69) is 10.4 Å². The van der Waals surface area contributed by atoms with Crippen LogP contribution in [0.15, 0.2) is 24.3 Å². The van der Waals surface area contributed by atoms with E-state index >= 15 is 0 Å². The topological polar surface area (TPSA) is 65.4 Å². The highest BCUT2D eigenvalue weighted by molar-refractivity contribution is 5.82. The number of alkyl carbamates (subject to hydrolysis) is 1. The minimum atomic E-state index is -0.508. The van der Waals surface area contributed by atoms with E-state index < -0.39 is 11.7 Å². The van der Waals surface area contributed by atoms with Crippen molar-refractivity contribution in [1.29, 1.82) is 0 Å². The number of benzene rings is 1. The first-order valence-corrected chi connectivity index (χ1v) is 7.48. The Kier molecular flexibility index (Phi) is 3.78. The smallest absolute Gasteiger partial charge is 0.407 e. The third kappa shape index (κ3) is 3.06. The van der Waals surface area contributed by atoms with Crippen LogP contribution in [0.5, 0.6) is 0 Å². The van der Waals surface area contributed by atoms with Crippen molar-refractivity contribution in [3.05, 3.63) is 30.0 Å². The standard InChI is InChI=1S/C16H21N3O3/c1-16(2,3)22-15(20)17-10-13-14-11-6-4-5-7-12(11)18-19(14)8-9-21-13/h4-7,13H,8-10H2,1-3H3,(H,17,20)/t13-/m1/s1. The summed E-state index contributed by atoms with van der Waals surface area (Å²) in [5.41, 5.74) is 1.45. The van der Waals surface area contributed by atoms with Crippen molar-refractivity contribution >= 4 is 17.0 Å². The largest absolute Gasteiger partial charge is 0.444 e. The van der Waals surface area contributed by atoms with Crippen LogP contribution in [0.2, 0.25) is 0 Å². The number of rotatable bonds is 2. The van der Waals surface area contributed by atoms with Gasteiger partial charge in [-0.25, -0.2) is 4.79 Å². The molecule has 0 saturated carbocycles. The molecular weight excluding hydrogens is 282 g/mol. The molecule has 1 atom stereocenters. The maximum atomic E-state index is 11.8. The first kappa shape index (κ1) is 14.8. The third-order valence-electron chi connectivity index (χ3n) is 3.44. The summed E-state index contributed by atoms with van der Waals surface area (Å²) in [6.45, 7) is 7.20. The Labute approximate surface area is 129 Å². The molecule has 0 aliphatic carbocycles. The molecule has 1 amide bonds. The second-order valence-corrected chi connectivity index (χ2v) is 6.37. The maximum absolute atomic E-state index is 11.8. The van der Waals surface area contributed by atoms with E-state index in [0.717, 1.165) is 23.1 Å². The van der Waals surface area contributed by atoms with E-state index in [1.54, 1.807) is 0 Å². The summed E-state index contributed by atoms with van der Waals surface area (Å²) in [6, 6.07) is 7.97. The lowest BCUT2D eigenvalue weighted by atomic mass is 10.1. The van der Waals surface area contributed by atoms with Crippen molar-refractivity contribution in [3.63, 3.8) is 0 Å². The van der Waals surface area contributed by atoms with Gasteiger partial charge in [-0.1, -0.05) is 18.2 Å². The number of ether oxygens (including phenoxy) is 2. The molecule has 1 aromatic carbocycles. The summed E-state index contributed by atoms with van der Waals surface area (Å²) in [7, 11) is 0. The molecule has 0 unspecified atom stereocenters. The fourth-order valence-corrected chi connectivity index (χ4v) is 2.62. The average molecular weight is 303 g/mol. The number of aromatic nitrogens is 2. The van der Waals surface area contributed by atoms with Crippen molar-refractivity contribution in [3.8, 4) is 0 Å². The van der Waals surface area contributed by atoms with Crippen LogP contribution in [0.25, 0.3) is 10.9 Å². The van der Waals surface area contributed by atoms with E-state index in [4.69, 9.17) is 9.47 Å². The molecule has 3 rings (SSSR count). The van der Waals surface area contributed by atoms with Crippen molar-refractivity contribution in [2.24, 2.45) is 0 Å². The lowest BCUT2D eigenvalue weighted by molar-refractivity contribution is 0.0120. The van der Waals surface area contributed by atoms with Crippen LogP contribution in [-0.2, 0) is 16.0 Å². The molecule has 1 aliphatic heterocycles. The lowest BCUT2D eigenvalue weighted by Crippen LogP contribution is -2.37. The number of carbonyl (C=O) groups excluding carboxylic acids is 1. The number of fused-ring (bicyclic) bond motifs is 3. The Morgan fingerprint density at radius 2 is 2.23 bits per heavy atom. The molecule has 6 heteroatoms. The van der Waals surface area contributed by atoms with E-state index in [0.29, 0.717) is 13.2 Å². The minimum absolute atomic E-state index is 0.214. The Morgan fingerprint density at radius 3 is 3.00 bits per heavy atom. The molecule has 6 nitrogen and oxygen atoms in total. The number of hydrogen-bond acceptors (Lipinski definition) is 4. The van der Waals surface area contributed by atoms with E-state index in [1.165, 1.54) is 0 Å². The molecule has 1 N–H and O–H groups in total. The molecule has 0 bridgehead atoms. The molecule has 0 fully saturated rings. The zero-order valence-corrected chi connectivity index (χ0v) is 13.1. The monoisotopic (exact) mass is 303 g/mol. The summed E-state index contributed by atoms with van der Waals surface area (Å²) in [5, 5.41) is 8.43. The number of carbonyl (C=O) groups is 1. The maximum Gasteiger partial charge on any atom is 0.407 e. The Morgan fingerprint density at radius 1 is 1.45 bits per heavy atom. The molecule has 118 valence electrons. The van der Waals surface area contributed by atoms with Gasteiger partial charge in [-0.3, -0.25) is 4.68 Å². The van der Waals surface area contributed by atoms with Gasteiger partial charge in [-0.15, -0.1) is 0 Å². The predicted molar refractivity (Wildman–Crippen MR) is 82.7 cm³/mol. The van der Waals surface area contributed by atoms with E-state index in [9.17, 15) is 4.79 Å². The van der Waals surface area contributed by atoms with Crippen LogP contribution in [0.3, 0.4) is 0 Å². The molecule has 2 aromatic rings. The van der Waals surface area contributed by atoms with Crippen LogP contribution in [0.4, 0.5) is 4.79 Å². The van der Waals surface area contributed by atoms with Crippen LogP contribution < -0.4 is 5.32 Å². The molecule has 2 heterocycles. The highest BCUT2D eigenvalue weighted by atomic mass is 16.6. The molecular formula is C16H21N3O3. The molecule has 0 radical (unpaired) electrons. The number of nitrogens with zero attached hydrogens (tertiary/aromatic N) is 2.